The first-order valence-corrected chi connectivity index (χ1v) is 19.8. The fourth-order valence-corrected chi connectivity index (χ4v) is 10.7. The van der Waals surface area contributed by atoms with Crippen molar-refractivity contribution >= 4 is 31.5 Å². The Kier molecular flexibility index (Phi) is 6.72. The van der Waals surface area contributed by atoms with Crippen molar-refractivity contribution in [3.63, 3.8) is 0 Å². The molecule has 2 aromatic heterocycles. The van der Waals surface area contributed by atoms with Crippen LogP contribution in [0.4, 0.5) is 0 Å². The minimum Gasteiger partial charge on any atom is -0.208 e. The predicted molar refractivity (Wildman–Crippen MR) is 231 cm³/mol. The van der Waals surface area contributed by atoms with Crippen LogP contribution in [0.1, 0.15) is 22.3 Å². The summed E-state index contributed by atoms with van der Waals surface area (Å²) in [6.07, 6.45) is 0. The van der Waals surface area contributed by atoms with Crippen molar-refractivity contribution in [1.29, 1.82) is 0 Å². The first-order chi connectivity index (χ1) is 27.8. The molecule has 0 saturated carbocycles. The fraction of sp³-hybridized carbons (Fsp3) is 0.0192. The van der Waals surface area contributed by atoms with Crippen LogP contribution in [-0.2, 0) is 5.41 Å². The molecule has 0 radical (unpaired) electrons. The molecule has 0 unspecified atom stereocenters. The van der Waals surface area contributed by atoms with Gasteiger partial charge < -0.3 is 0 Å². The number of hydrogen-bond acceptors (Lipinski definition) is 4. The van der Waals surface area contributed by atoms with Crippen LogP contribution in [0.5, 0.6) is 0 Å². The summed E-state index contributed by atoms with van der Waals surface area (Å²) in [7, 11) is 0. The van der Waals surface area contributed by atoms with Crippen LogP contribution in [0, 0.1) is 0 Å². The number of rotatable bonds is 4. The summed E-state index contributed by atoms with van der Waals surface area (Å²) in [6, 6.07) is 67.7. The number of benzene rings is 8. The Hall–Kier alpha value is -7.01. The van der Waals surface area contributed by atoms with E-state index >= 15 is 0 Å². The molecule has 0 atom stereocenters. The Morgan fingerprint density at radius 1 is 0.321 bits per heavy atom. The summed E-state index contributed by atoms with van der Waals surface area (Å²) in [6.45, 7) is 0. The average molecular weight is 730 g/mol. The Bertz CT molecular complexity index is 3150. The molecule has 0 amide bonds. The third-order valence-electron chi connectivity index (χ3n) is 11.8. The largest absolute Gasteiger partial charge is 0.208 e. The third-order valence-corrected chi connectivity index (χ3v) is 13.0. The molecule has 2 aliphatic rings. The van der Waals surface area contributed by atoms with Gasteiger partial charge in [0.1, 0.15) is 0 Å². The molecule has 260 valence electrons. The smallest absolute Gasteiger partial charge is 0.164 e. The van der Waals surface area contributed by atoms with Crippen molar-refractivity contribution in [3.8, 4) is 67.5 Å². The zero-order chi connectivity index (χ0) is 36.8. The molecule has 0 N–H and O–H groups in total. The molecule has 56 heavy (non-hydrogen) atoms. The molecule has 4 heteroatoms. The van der Waals surface area contributed by atoms with Gasteiger partial charge in [0.2, 0.25) is 0 Å². The lowest BCUT2D eigenvalue weighted by Crippen LogP contribution is -2.25. The molecular weight excluding hydrogens is 699 g/mol. The van der Waals surface area contributed by atoms with E-state index in [0.717, 1.165) is 16.7 Å². The maximum absolute atomic E-state index is 5.31. The van der Waals surface area contributed by atoms with E-state index in [1.54, 1.807) is 0 Å². The highest BCUT2D eigenvalue weighted by atomic mass is 32.1. The van der Waals surface area contributed by atoms with Gasteiger partial charge in [-0.3, -0.25) is 0 Å². The highest BCUT2D eigenvalue weighted by Crippen LogP contribution is 2.63. The van der Waals surface area contributed by atoms with Crippen LogP contribution in [0.2, 0.25) is 0 Å². The van der Waals surface area contributed by atoms with Gasteiger partial charge in [0, 0.05) is 36.9 Å². The molecule has 3 nitrogen and oxygen atoms in total. The van der Waals surface area contributed by atoms with E-state index in [2.05, 4.69) is 170 Å². The van der Waals surface area contributed by atoms with E-state index < -0.39 is 5.41 Å². The van der Waals surface area contributed by atoms with Crippen LogP contribution >= 0.6 is 11.3 Å². The molecule has 10 aromatic rings. The van der Waals surface area contributed by atoms with Crippen molar-refractivity contribution < 1.29 is 0 Å². The number of hydrogen-bond donors (Lipinski definition) is 0. The van der Waals surface area contributed by atoms with Gasteiger partial charge in [-0.2, -0.15) is 0 Å². The third kappa shape index (κ3) is 4.36. The Morgan fingerprint density at radius 3 is 1.54 bits per heavy atom. The van der Waals surface area contributed by atoms with Crippen molar-refractivity contribution in [1.82, 2.24) is 15.0 Å². The molecule has 2 aliphatic carbocycles. The van der Waals surface area contributed by atoms with E-state index in [4.69, 9.17) is 15.0 Å². The van der Waals surface area contributed by atoms with Crippen molar-refractivity contribution in [2.75, 3.05) is 0 Å². The summed E-state index contributed by atoms with van der Waals surface area (Å²) < 4.78 is 2.61. The van der Waals surface area contributed by atoms with Crippen LogP contribution < -0.4 is 0 Å². The van der Waals surface area contributed by atoms with Gasteiger partial charge in [0.05, 0.1) is 5.41 Å². The summed E-state index contributed by atoms with van der Waals surface area (Å²) in [4.78, 5) is 15.7. The minimum absolute atomic E-state index is 0.444. The summed E-state index contributed by atoms with van der Waals surface area (Å²) >= 11 is 1.85. The van der Waals surface area contributed by atoms with Gasteiger partial charge >= 0.3 is 0 Å². The van der Waals surface area contributed by atoms with E-state index in [1.165, 1.54) is 75.8 Å². The lowest BCUT2D eigenvalue weighted by atomic mass is 9.70. The van der Waals surface area contributed by atoms with Crippen molar-refractivity contribution in [3.05, 3.63) is 210 Å². The molecule has 1 spiro atoms. The normalized spacial score (nSPS) is 13.1. The van der Waals surface area contributed by atoms with E-state index in [0.29, 0.717) is 17.5 Å². The van der Waals surface area contributed by atoms with Crippen LogP contribution in [-0.4, -0.2) is 15.0 Å². The summed E-state index contributed by atoms with van der Waals surface area (Å²) in [5.41, 5.74) is 15.0. The van der Waals surface area contributed by atoms with Gasteiger partial charge in [-0.1, -0.05) is 182 Å². The molecule has 2 heterocycles. The maximum Gasteiger partial charge on any atom is 0.164 e. The topological polar surface area (TPSA) is 38.7 Å². The van der Waals surface area contributed by atoms with E-state index in [9.17, 15) is 0 Å². The first kappa shape index (κ1) is 31.4. The molecule has 0 fully saturated rings. The van der Waals surface area contributed by atoms with Gasteiger partial charge in [-0.25, -0.2) is 15.0 Å². The Morgan fingerprint density at radius 2 is 0.804 bits per heavy atom. The number of thiophene rings is 1. The molecule has 12 rings (SSSR count). The van der Waals surface area contributed by atoms with Crippen LogP contribution in [0.15, 0.2) is 188 Å². The molecule has 0 aliphatic heterocycles. The second-order valence-corrected chi connectivity index (χ2v) is 15.7. The van der Waals surface area contributed by atoms with Crippen molar-refractivity contribution in [2.45, 2.75) is 5.41 Å². The highest BCUT2D eigenvalue weighted by Gasteiger charge is 2.52. The average Bonchev–Trinajstić information content (AvgIpc) is 3.91. The molecule has 8 aromatic carbocycles. The Balaban J connectivity index is 1.05. The summed E-state index contributed by atoms with van der Waals surface area (Å²) in [5.74, 6) is 1.96. The molecular formula is C52H31N3S. The number of aromatic nitrogens is 3. The molecule has 0 bridgehead atoms. The van der Waals surface area contributed by atoms with Gasteiger partial charge in [-0.15, -0.1) is 11.3 Å². The second kappa shape index (κ2) is 12.0. The lowest BCUT2D eigenvalue weighted by molar-refractivity contribution is 0.794. The van der Waals surface area contributed by atoms with E-state index in [1.807, 2.05) is 29.5 Å². The Labute approximate surface area is 328 Å². The zero-order valence-corrected chi connectivity index (χ0v) is 31.0. The monoisotopic (exact) mass is 729 g/mol. The SMILES string of the molecule is c1ccc(-c2nc(-c3ccc(-c4cccc5c4sc4ccccc45)cc3)nc(-c3cccc4c3-c3ccccc3C43c4ccccc4-c4ccccc43)n2)cc1. The maximum atomic E-state index is 5.31. The minimum atomic E-state index is -0.444. The van der Waals surface area contributed by atoms with Crippen molar-refractivity contribution in [2.24, 2.45) is 0 Å². The fourth-order valence-electron chi connectivity index (χ4n) is 9.45. The second-order valence-electron chi connectivity index (χ2n) is 14.6. The van der Waals surface area contributed by atoms with Crippen LogP contribution in [0.3, 0.4) is 0 Å². The van der Waals surface area contributed by atoms with Gasteiger partial charge in [0.15, 0.2) is 17.5 Å². The quantitative estimate of drug-likeness (QED) is 0.181. The van der Waals surface area contributed by atoms with Crippen LogP contribution in [0.25, 0.3) is 87.7 Å². The molecule has 0 saturated heterocycles. The lowest BCUT2D eigenvalue weighted by Gasteiger charge is -2.30. The van der Waals surface area contributed by atoms with E-state index in [-0.39, 0.29) is 0 Å². The summed E-state index contributed by atoms with van der Waals surface area (Å²) in [5, 5.41) is 2.60. The standard InChI is InChI=1S/C52H31N3S/c1-2-14-33(15-3-1)49-53-50(34-30-28-32(29-31-34)35-20-12-21-39-38-18-7-11-27-46(38)56-48(35)39)55-51(54-49)41-22-13-26-45-47(41)40-19-6-10-25-44(40)52(45)42-23-8-4-16-36(42)37-17-5-9-24-43(37)52/h1-31H. The first-order valence-electron chi connectivity index (χ1n) is 19.0. The highest BCUT2D eigenvalue weighted by molar-refractivity contribution is 7.26. The predicted octanol–water partition coefficient (Wildman–Crippen LogP) is 13.3. The van der Waals surface area contributed by atoms with Gasteiger partial charge in [0.25, 0.3) is 0 Å². The zero-order valence-electron chi connectivity index (χ0n) is 30.1. The van der Waals surface area contributed by atoms with Gasteiger partial charge in [-0.05, 0) is 61.7 Å². The number of fused-ring (bicyclic) bond motifs is 13. The number of nitrogens with zero attached hydrogens (tertiary/aromatic N) is 3.